The first-order valence-corrected chi connectivity index (χ1v) is 7.12. The monoisotopic (exact) mass is 336 g/mol. The smallest absolute Gasteiger partial charge is 0.268 e. The van der Waals surface area contributed by atoms with Gasteiger partial charge in [-0.15, -0.1) is 0 Å². The SMILES string of the molecule is NC(=S)c1cn[nH]c1NS(=O)(=O)c1c(F)cc(F)cc1F. The maximum Gasteiger partial charge on any atom is 0.268 e. The third kappa shape index (κ3) is 2.97. The van der Waals surface area contributed by atoms with Gasteiger partial charge in [0.25, 0.3) is 10.0 Å². The van der Waals surface area contributed by atoms with E-state index in [0.29, 0.717) is 0 Å². The van der Waals surface area contributed by atoms with Gasteiger partial charge in [-0.1, -0.05) is 12.2 Å². The van der Waals surface area contributed by atoms with Crippen molar-refractivity contribution in [3.63, 3.8) is 0 Å². The molecule has 0 amide bonds. The zero-order valence-corrected chi connectivity index (χ0v) is 11.7. The van der Waals surface area contributed by atoms with E-state index in [1.807, 2.05) is 4.72 Å². The predicted molar refractivity (Wildman–Crippen MR) is 71.6 cm³/mol. The third-order valence-electron chi connectivity index (χ3n) is 2.37. The molecule has 4 N–H and O–H groups in total. The molecule has 0 fully saturated rings. The summed E-state index contributed by atoms with van der Waals surface area (Å²) in [6.45, 7) is 0. The zero-order valence-electron chi connectivity index (χ0n) is 10.0. The topological polar surface area (TPSA) is 101 Å². The van der Waals surface area contributed by atoms with Crippen molar-refractivity contribution in [2.45, 2.75) is 4.90 Å². The van der Waals surface area contributed by atoms with E-state index >= 15 is 0 Å². The molecule has 0 aliphatic carbocycles. The molecule has 1 heterocycles. The van der Waals surface area contributed by atoms with E-state index in [0.717, 1.165) is 6.20 Å². The molecule has 0 spiro atoms. The lowest BCUT2D eigenvalue weighted by Crippen LogP contribution is -2.19. The molecule has 0 aliphatic heterocycles. The van der Waals surface area contributed by atoms with Crippen molar-refractivity contribution < 1.29 is 21.6 Å². The number of hydrogen-bond acceptors (Lipinski definition) is 4. The second-order valence-corrected chi connectivity index (χ2v) is 5.89. The van der Waals surface area contributed by atoms with E-state index in [-0.39, 0.29) is 28.5 Å². The molecule has 0 atom stereocenters. The number of nitrogens with one attached hydrogen (secondary N) is 2. The van der Waals surface area contributed by atoms with Crippen molar-refractivity contribution in [2.75, 3.05) is 4.72 Å². The summed E-state index contributed by atoms with van der Waals surface area (Å²) in [6.07, 6.45) is 1.14. The maximum absolute atomic E-state index is 13.5. The summed E-state index contributed by atoms with van der Waals surface area (Å²) in [4.78, 5) is -1.51. The van der Waals surface area contributed by atoms with Gasteiger partial charge in [-0.3, -0.25) is 9.82 Å². The van der Waals surface area contributed by atoms with Gasteiger partial charge in [-0.25, -0.2) is 21.6 Å². The molecule has 0 unspecified atom stereocenters. The second kappa shape index (κ2) is 5.33. The van der Waals surface area contributed by atoms with Crippen LogP contribution in [0, 0.1) is 17.5 Å². The van der Waals surface area contributed by atoms with E-state index in [4.69, 9.17) is 5.73 Å². The highest BCUT2D eigenvalue weighted by molar-refractivity contribution is 7.92. The van der Waals surface area contributed by atoms with Gasteiger partial charge in [0.05, 0.1) is 11.8 Å². The zero-order chi connectivity index (χ0) is 15.8. The van der Waals surface area contributed by atoms with Crippen molar-refractivity contribution in [3.05, 3.63) is 41.3 Å². The second-order valence-electron chi connectivity index (χ2n) is 3.83. The molecule has 11 heteroatoms. The molecule has 0 saturated heterocycles. The Balaban J connectivity index is 2.49. The number of aromatic amines is 1. The van der Waals surface area contributed by atoms with Crippen LogP contribution in [0.4, 0.5) is 19.0 Å². The summed E-state index contributed by atoms with van der Waals surface area (Å²) < 4.78 is 65.7. The quantitative estimate of drug-likeness (QED) is 0.730. The molecule has 0 saturated carbocycles. The Hall–Kier alpha value is -2.14. The average Bonchev–Trinajstić information content (AvgIpc) is 2.73. The normalized spacial score (nSPS) is 11.4. The number of rotatable bonds is 4. The lowest BCUT2D eigenvalue weighted by molar-refractivity contribution is 0.498. The number of nitrogens with zero attached hydrogens (tertiary/aromatic N) is 1. The summed E-state index contributed by atoms with van der Waals surface area (Å²) in [5, 5.41) is 5.75. The number of hydrogen-bond donors (Lipinski definition) is 3. The highest BCUT2D eigenvalue weighted by Gasteiger charge is 2.26. The van der Waals surface area contributed by atoms with Crippen molar-refractivity contribution in [3.8, 4) is 0 Å². The Labute approximate surface area is 122 Å². The number of thiocarbonyl (C=S) groups is 1. The van der Waals surface area contributed by atoms with Crippen LogP contribution in [0.2, 0.25) is 0 Å². The summed E-state index contributed by atoms with van der Waals surface area (Å²) in [5.74, 6) is -4.65. The summed E-state index contributed by atoms with van der Waals surface area (Å²) in [6, 6.07) is 0.498. The fraction of sp³-hybridized carbons (Fsp3) is 0. The van der Waals surface area contributed by atoms with E-state index in [2.05, 4.69) is 22.4 Å². The van der Waals surface area contributed by atoms with E-state index in [9.17, 15) is 21.6 Å². The minimum Gasteiger partial charge on any atom is -0.389 e. The van der Waals surface area contributed by atoms with Gasteiger partial charge < -0.3 is 5.73 Å². The maximum atomic E-state index is 13.5. The highest BCUT2D eigenvalue weighted by atomic mass is 32.2. The molecule has 112 valence electrons. The van der Waals surface area contributed by atoms with Crippen molar-refractivity contribution >= 4 is 33.0 Å². The molecule has 6 nitrogen and oxygen atoms in total. The number of benzene rings is 1. The van der Waals surface area contributed by atoms with E-state index in [1.165, 1.54) is 0 Å². The Kier molecular flexibility index (Phi) is 3.87. The van der Waals surface area contributed by atoms with Crippen LogP contribution in [0.5, 0.6) is 0 Å². The first-order chi connectivity index (χ1) is 9.72. The van der Waals surface area contributed by atoms with E-state index < -0.39 is 32.4 Å². The van der Waals surface area contributed by atoms with Gasteiger partial charge in [0, 0.05) is 12.1 Å². The van der Waals surface area contributed by atoms with E-state index in [1.54, 1.807) is 0 Å². The number of anilines is 1. The molecule has 2 rings (SSSR count). The Morgan fingerprint density at radius 1 is 1.29 bits per heavy atom. The van der Waals surface area contributed by atoms with Gasteiger partial charge in [0.15, 0.2) is 4.90 Å². The predicted octanol–water partition coefficient (Wildman–Crippen LogP) is 1.26. The summed E-state index contributed by atoms with van der Waals surface area (Å²) in [7, 11) is -4.67. The largest absolute Gasteiger partial charge is 0.389 e. The lowest BCUT2D eigenvalue weighted by atomic mass is 10.3. The first kappa shape index (κ1) is 15.3. The highest BCUT2D eigenvalue weighted by Crippen LogP contribution is 2.23. The van der Waals surface area contributed by atoms with Crippen LogP contribution in [0.25, 0.3) is 0 Å². The van der Waals surface area contributed by atoms with Gasteiger partial charge >= 0.3 is 0 Å². The minimum absolute atomic E-state index is 0.0384. The van der Waals surface area contributed by atoms with Crippen molar-refractivity contribution in [1.29, 1.82) is 0 Å². The number of halogens is 3. The number of H-pyrrole nitrogens is 1. The van der Waals surface area contributed by atoms with Crippen LogP contribution in [0.15, 0.2) is 23.2 Å². The van der Waals surface area contributed by atoms with Gasteiger partial charge in [0.1, 0.15) is 28.3 Å². The average molecular weight is 336 g/mol. The molecular weight excluding hydrogens is 329 g/mol. The van der Waals surface area contributed by atoms with Gasteiger partial charge in [-0.2, -0.15) is 5.10 Å². The van der Waals surface area contributed by atoms with Gasteiger partial charge in [-0.05, 0) is 0 Å². The van der Waals surface area contributed by atoms with Crippen LogP contribution in [0.1, 0.15) is 5.56 Å². The summed E-state index contributed by atoms with van der Waals surface area (Å²) >= 11 is 4.66. The van der Waals surface area contributed by atoms with Crippen molar-refractivity contribution in [1.82, 2.24) is 10.2 Å². The Morgan fingerprint density at radius 2 is 1.86 bits per heavy atom. The van der Waals surface area contributed by atoms with Gasteiger partial charge in [0.2, 0.25) is 0 Å². The number of aromatic nitrogens is 2. The third-order valence-corrected chi connectivity index (χ3v) is 3.99. The van der Waals surface area contributed by atoms with Crippen LogP contribution >= 0.6 is 12.2 Å². The van der Waals surface area contributed by atoms with Crippen molar-refractivity contribution in [2.24, 2.45) is 5.73 Å². The molecule has 0 bridgehead atoms. The summed E-state index contributed by atoms with van der Waals surface area (Å²) in [5.41, 5.74) is 5.37. The molecule has 0 aliphatic rings. The van der Waals surface area contributed by atoms with Crippen LogP contribution in [-0.2, 0) is 10.0 Å². The minimum atomic E-state index is -4.67. The molecule has 2 aromatic rings. The fourth-order valence-electron chi connectivity index (χ4n) is 1.52. The number of nitrogens with two attached hydrogens (primary N) is 1. The van der Waals surface area contributed by atoms with Crippen LogP contribution in [-0.4, -0.2) is 23.6 Å². The molecular formula is C10H7F3N4O2S2. The molecule has 1 aromatic carbocycles. The molecule has 1 aromatic heterocycles. The van der Waals surface area contributed by atoms with Crippen LogP contribution < -0.4 is 10.5 Å². The van der Waals surface area contributed by atoms with Crippen LogP contribution in [0.3, 0.4) is 0 Å². The Morgan fingerprint density at radius 3 is 2.38 bits per heavy atom. The number of sulfonamides is 1. The molecule has 21 heavy (non-hydrogen) atoms. The standard InChI is InChI=1S/C10H7F3N4O2S2/c11-4-1-6(12)8(7(13)2-4)21(18,19)17-10-5(9(14)20)3-15-16-10/h1-3H,(H2,14,20)(H2,15,16,17). The fourth-order valence-corrected chi connectivity index (χ4v) is 2.83. The Bertz CT molecular complexity index is 796. The first-order valence-electron chi connectivity index (χ1n) is 5.23. The lowest BCUT2D eigenvalue weighted by Gasteiger charge is -2.09. The molecule has 0 radical (unpaired) electrons.